The third kappa shape index (κ3) is 3.35. The first-order chi connectivity index (χ1) is 9.72. The number of pyridine rings is 1. The van der Waals surface area contributed by atoms with Gasteiger partial charge in [-0.25, -0.2) is 4.39 Å². The highest BCUT2D eigenvalue weighted by molar-refractivity contribution is 9.10. The van der Waals surface area contributed by atoms with Crippen LogP contribution in [0.5, 0.6) is 11.5 Å². The van der Waals surface area contributed by atoms with Crippen LogP contribution in [0.15, 0.2) is 41.1 Å². The van der Waals surface area contributed by atoms with Crippen LogP contribution in [0.25, 0.3) is 0 Å². The Morgan fingerprint density at radius 3 is 2.95 bits per heavy atom. The molecule has 0 aliphatic heterocycles. The fourth-order valence-electron chi connectivity index (χ4n) is 1.86. The first-order valence-electron chi connectivity index (χ1n) is 6.51. The minimum absolute atomic E-state index is 0.339. The maximum Gasteiger partial charge on any atom is 0.141 e. The lowest BCUT2D eigenvalue weighted by atomic mass is 10.2. The van der Waals surface area contributed by atoms with Crippen LogP contribution in [0.2, 0.25) is 0 Å². The molecule has 0 radical (unpaired) electrons. The molecular weight excluding hydrogens is 323 g/mol. The highest BCUT2D eigenvalue weighted by Crippen LogP contribution is 2.28. The topological polar surface area (TPSA) is 34.1 Å². The van der Waals surface area contributed by atoms with Crippen LogP contribution in [0.3, 0.4) is 0 Å². The normalized spacial score (nSPS) is 14.3. The van der Waals surface area contributed by atoms with Gasteiger partial charge < -0.3 is 10.1 Å². The number of benzene rings is 1. The Morgan fingerprint density at radius 1 is 1.35 bits per heavy atom. The summed E-state index contributed by atoms with van der Waals surface area (Å²) in [6, 6.07) is 7.14. The van der Waals surface area contributed by atoms with Gasteiger partial charge in [-0.05, 0) is 47.0 Å². The third-order valence-electron chi connectivity index (χ3n) is 3.14. The SMILES string of the molecule is Fc1cc(Oc2ccncc2CNC2CC2)ccc1Br. The summed E-state index contributed by atoms with van der Waals surface area (Å²) < 4.78 is 19.7. The van der Waals surface area contributed by atoms with Gasteiger partial charge in [0.15, 0.2) is 0 Å². The second-order valence-electron chi connectivity index (χ2n) is 4.82. The highest BCUT2D eigenvalue weighted by Gasteiger charge is 2.20. The summed E-state index contributed by atoms with van der Waals surface area (Å²) in [6.07, 6.45) is 5.91. The van der Waals surface area contributed by atoms with E-state index in [1.165, 1.54) is 18.9 Å². The van der Waals surface area contributed by atoms with E-state index in [0.717, 1.165) is 5.56 Å². The molecular formula is C15H14BrFN2O. The summed E-state index contributed by atoms with van der Waals surface area (Å²) in [4.78, 5) is 4.12. The van der Waals surface area contributed by atoms with Crippen LogP contribution in [-0.2, 0) is 6.54 Å². The lowest BCUT2D eigenvalue weighted by molar-refractivity contribution is 0.466. The summed E-state index contributed by atoms with van der Waals surface area (Å²) >= 11 is 3.13. The molecule has 1 aromatic heterocycles. The first-order valence-corrected chi connectivity index (χ1v) is 7.31. The van der Waals surface area contributed by atoms with Crippen LogP contribution in [0.1, 0.15) is 18.4 Å². The lowest BCUT2D eigenvalue weighted by Crippen LogP contribution is -2.15. The van der Waals surface area contributed by atoms with E-state index in [4.69, 9.17) is 4.74 Å². The molecule has 0 bridgehead atoms. The second kappa shape index (κ2) is 5.89. The number of halogens is 2. The van der Waals surface area contributed by atoms with Gasteiger partial charge in [0.25, 0.3) is 0 Å². The molecule has 0 atom stereocenters. The maximum atomic E-state index is 13.5. The standard InChI is InChI=1S/C15H14BrFN2O/c16-13-4-3-12(7-14(13)17)20-15-5-6-18-8-10(15)9-19-11-1-2-11/h3-8,11,19H,1-2,9H2. The summed E-state index contributed by atoms with van der Waals surface area (Å²) in [5.74, 6) is 0.841. The Balaban J connectivity index is 1.76. The molecule has 104 valence electrons. The average molecular weight is 337 g/mol. The van der Waals surface area contributed by atoms with Crippen molar-refractivity contribution >= 4 is 15.9 Å². The zero-order valence-electron chi connectivity index (χ0n) is 10.8. The van der Waals surface area contributed by atoms with Crippen molar-refractivity contribution < 1.29 is 9.13 Å². The number of ether oxygens (including phenoxy) is 1. The molecule has 1 saturated carbocycles. The molecule has 3 nitrogen and oxygen atoms in total. The van der Waals surface area contributed by atoms with E-state index in [0.29, 0.717) is 28.6 Å². The maximum absolute atomic E-state index is 13.5. The third-order valence-corrected chi connectivity index (χ3v) is 3.78. The Kier molecular flexibility index (Phi) is 3.98. The molecule has 1 heterocycles. The molecule has 0 unspecified atom stereocenters. The van der Waals surface area contributed by atoms with E-state index in [1.807, 2.05) is 0 Å². The summed E-state index contributed by atoms with van der Waals surface area (Å²) in [7, 11) is 0. The number of rotatable bonds is 5. The van der Waals surface area contributed by atoms with Crippen molar-refractivity contribution in [1.29, 1.82) is 0 Å². The van der Waals surface area contributed by atoms with Crippen LogP contribution < -0.4 is 10.1 Å². The number of aromatic nitrogens is 1. The molecule has 1 aliphatic rings. The van der Waals surface area contributed by atoms with Crippen molar-refractivity contribution in [1.82, 2.24) is 10.3 Å². The molecule has 2 aromatic rings. The summed E-state index contributed by atoms with van der Waals surface area (Å²) in [5, 5.41) is 3.42. The van der Waals surface area contributed by atoms with Crippen molar-refractivity contribution in [3.63, 3.8) is 0 Å². The van der Waals surface area contributed by atoms with Gasteiger partial charge in [0, 0.05) is 36.6 Å². The molecule has 1 aliphatic carbocycles. The smallest absolute Gasteiger partial charge is 0.141 e. The van der Waals surface area contributed by atoms with E-state index in [9.17, 15) is 4.39 Å². The quantitative estimate of drug-likeness (QED) is 0.895. The van der Waals surface area contributed by atoms with Crippen LogP contribution in [0, 0.1) is 5.82 Å². The van der Waals surface area contributed by atoms with Gasteiger partial charge in [-0.1, -0.05) is 0 Å². The summed E-state index contributed by atoms with van der Waals surface area (Å²) in [5.41, 5.74) is 0.975. The Labute approximate surface area is 125 Å². The fourth-order valence-corrected chi connectivity index (χ4v) is 2.10. The monoisotopic (exact) mass is 336 g/mol. The molecule has 1 fully saturated rings. The van der Waals surface area contributed by atoms with Crippen molar-refractivity contribution in [3.05, 3.63) is 52.5 Å². The van der Waals surface area contributed by atoms with Crippen molar-refractivity contribution in [2.45, 2.75) is 25.4 Å². The number of nitrogens with zero attached hydrogens (tertiary/aromatic N) is 1. The van der Waals surface area contributed by atoms with Gasteiger partial charge in [0.1, 0.15) is 17.3 Å². The molecule has 0 spiro atoms. The Hall–Kier alpha value is -1.46. The van der Waals surface area contributed by atoms with Gasteiger partial charge in [0.2, 0.25) is 0 Å². The number of hydrogen-bond donors (Lipinski definition) is 1. The minimum atomic E-state index is -0.339. The molecule has 3 rings (SSSR count). The molecule has 1 N–H and O–H groups in total. The van der Waals surface area contributed by atoms with Crippen LogP contribution >= 0.6 is 15.9 Å². The van der Waals surface area contributed by atoms with Gasteiger partial charge in [-0.15, -0.1) is 0 Å². The van der Waals surface area contributed by atoms with E-state index < -0.39 is 0 Å². The highest BCUT2D eigenvalue weighted by atomic mass is 79.9. The van der Waals surface area contributed by atoms with Gasteiger partial charge in [-0.3, -0.25) is 4.98 Å². The summed E-state index contributed by atoms with van der Waals surface area (Å²) in [6.45, 7) is 0.715. The molecule has 1 aromatic carbocycles. The van der Waals surface area contributed by atoms with Gasteiger partial charge >= 0.3 is 0 Å². The van der Waals surface area contributed by atoms with E-state index >= 15 is 0 Å². The molecule has 0 saturated heterocycles. The predicted molar refractivity (Wildman–Crippen MR) is 78.3 cm³/mol. The average Bonchev–Trinajstić information content (AvgIpc) is 3.26. The molecule has 20 heavy (non-hydrogen) atoms. The van der Waals surface area contributed by atoms with Crippen molar-refractivity contribution in [2.24, 2.45) is 0 Å². The predicted octanol–water partition coefficient (Wildman–Crippen LogP) is 4.03. The largest absolute Gasteiger partial charge is 0.457 e. The number of hydrogen-bond acceptors (Lipinski definition) is 3. The van der Waals surface area contributed by atoms with E-state index in [-0.39, 0.29) is 5.82 Å². The lowest BCUT2D eigenvalue weighted by Gasteiger charge is -2.11. The Bertz CT molecular complexity index is 617. The zero-order valence-corrected chi connectivity index (χ0v) is 12.4. The van der Waals surface area contributed by atoms with Gasteiger partial charge in [-0.2, -0.15) is 0 Å². The fraction of sp³-hybridized carbons (Fsp3) is 0.267. The van der Waals surface area contributed by atoms with Gasteiger partial charge in [0.05, 0.1) is 4.47 Å². The van der Waals surface area contributed by atoms with Crippen molar-refractivity contribution in [3.8, 4) is 11.5 Å². The first kappa shape index (κ1) is 13.5. The van der Waals surface area contributed by atoms with Crippen molar-refractivity contribution in [2.75, 3.05) is 0 Å². The minimum Gasteiger partial charge on any atom is -0.457 e. The molecule has 0 amide bonds. The van der Waals surface area contributed by atoms with E-state index in [2.05, 4.69) is 26.2 Å². The van der Waals surface area contributed by atoms with Crippen LogP contribution in [0.4, 0.5) is 4.39 Å². The Morgan fingerprint density at radius 2 is 2.20 bits per heavy atom. The number of nitrogens with one attached hydrogen (secondary N) is 1. The van der Waals surface area contributed by atoms with E-state index in [1.54, 1.807) is 30.6 Å². The zero-order chi connectivity index (χ0) is 13.9. The van der Waals surface area contributed by atoms with Crippen LogP contribution in [-0.4, -0.2) is 11.0 Å². The second-order valence-corrected chi connectivity index (χ2v) is 5.67. The molecule has 5 heteroatoms.